The highest BCUT2D eigenvalue weighted by Gasteiger charge is 2.28. The Kier molecular flexibility index (Phi) is 6.62. The number of carbonyl (C=O) groups excluding carboxylic acids is 1. The van der Waals surface area contributed by atoms with E-state index in [1.165, 1.54) is 24.7 Å². The van der Waals surface area contributed by atoms with Crippen molar-refractivity contribution in [2.45, 2.75) is 39.3 Å². The van der Waals surface area contributed by atoms with Gasteiger partial charge in [0, 0.05) is 45.8 Å². The number of rotatable bonds is 7. The van der Waals surface area contributed by atoms with Crippen LogP contribution in [0.5, 0.6) is 0 Å². The number of hydrogen-bond donors (Lipinski definition) is 0. The molecule has 1 amide bonds. The number of oxazole rings is 1. The fourth-order valence-electron chi connectivity index (χ4n) is 4.44. The van der Waals surface area contributed by atoms with Gasteiger partial charge < -0.3 is 9.32 Å². The summed E-state index contributed by atoms with van der Waals surface area (Å²) in [4.78, 5) is 24.0. The van der Waals surface area contributed by atoms with Gasteiger partial charge in [0.25, 0.3) is 5.91 Å². The number of carbonyl (C=O) groups is 1. The molecule has 2 aliphatic rings. The van der Waals surface area contributed by atoms with Crippen molar-refractivity contribution in [3.8, 4) is 0 Å². The van der Waals surface area contributed by atoms with Crippen molar-refractivity contribution in [2.75, 3.05) is 39.3 Å². The van der Waals surface area contributed by atoms with E-state index in [1.807, 2.05) is 4.90 Å². The molecule has 0 unspecified atom stereocenters. The first-order chi connectivity index (χ1) is 14.2. The van der Waals surface area contributed by atoms with Crippen molar-refractivity contribution in [3.05, 3.63) is 53.7 Å². The molecule has 2 aliphatic heterocycles. The van der Waals surface area contributed by atoms with Gasteiger partial charge in [0.05, 0.1) is 6.54 Å². The van der Waals surface area contributed by atoms with Crippen LogP contribution in [0.2, 0.25) is 0 Å². The second-order valence-electron chi connectivity index (χ2n) is 8.36. The Labute approximate surface area is 173 Å². The van der Waals surface area contributed by atoms with Crippen LogP contribution < -0.4 is 0 Å². The molecule has 29 heavy (non-hydrogen) atoms. The molecule has 4 rings (SSSR count). The summed E-state index contributed by atoms with van der Waals surface area (Å²) in [7, 11) is 0. The lowest BCUT2D eigenvalue weighted by Gasteiger charge is -2.34. The lowest BCUT2D eigenvalue weighted by atomic mass is 10.0. The summed E-state index contributed by atoms with van der Waals surface area (Å²) in [6.07, 6.45) is 5.03. The van der Waals surface area contributed by atoms with Crippen LogP contribution in [-0.2, 0) is 13.1 Å². The van der Waals surface area contributed by atoms with Crippen molar-refractivity contribution in [1.29, 1.82) is 0 Å². The molecular weight excluding hydrogens is 364 g/mol. The third-order valence-corrected chi connectivity index (χ3v) is 6.11. The van der Waals surface area contributed by atoms with Gasteiger partial charge in [-0.25, -0.2) is 4.98 Å². The van der Waals surface area contributed by atoms with Crippen molar-refractivity contribution < 1.29 is 9.21 Å². The Bertz CT molecular complexity index is 783. The summed E-state index contributed by atoms with van der Waals surface area (Å²) in [6, 6.07) is 10.6. The smallest absolute Gasteiger partial charge is 0.275 e. The average molecular weight is 397 g/mol. The van der Waals surface area contributed by atoms with E-state index in [1.54, 1.807) is 0 Å². The summed E-state index contributed by atoms with van der Waals surface area (Å²) >= 11 is 0. The van der Waals surface area contributed by atoms with Crippen molar-refractivity contribution in [1.82, 2.24) is 19.7 Å². The summed E-state index contributed by atoms with van der Waals surface area (Å²) in [5, 5.41) is 0. The Morgan fingerprint density at radius 1 is 1.07 bits per heavy atom. The maximum absolute atomic E-state index is 12.7. The molecule has 0 aliphatic carbocycles. The van der Waals surface area contributed by atoms with E-state index in [-0.39, 0.29) is 5.91 Å². The summed E-state index contributed by atoms with van der Waals surface area (Å²) in [5.41, 5.74) is 1.82. The molecule has 1 aromatic heterocycles. The van der Waals surface area contributed by atoms with E-state index in [0.29, 0.717) is 24.0 Å². The Morgan fingerprint density at radius 2 is 1.79 bits per heavy atom. The number of piperazine rings is 1. The molecule has 3 heterocycles. The molecule has 1 atom stereocenters. The minimum atomic E-state index is 0.0197. The lowest BCUT2D eigenvalue weighted by Crippen LogP contribution is -2.45. The predicted molar refractivity (Wildman–Crippen MR) is 112 cm³/mol. The normalized spacial score (nSPS) is 21.0. The van der Waals surface area contributed by atoms with Crippen LogP contribution in [-0.4, -0.2) is 64.9 Å². The molecule has 6 nitrogen and oxygen atoms in total. The van der Waals surface area contributed by atoms with E-state index in [4.69, 9.17) is 4.42 Å². The van der Waals surface area contributed by atoms with Gasteiger partial charge in [0.2, 0.25) is 5.89 Å². The molecule has 2 fully saturated rings. The topological polar surface area (TPSA) is 52.8 Å². The first-order valence-electron chi connectivity index (χ1n) is 10.9. The number of nitrogens with zero attached hydrogens (tertiary/aromatic N) is 4. The molecule has 156 valence electrons. The van der Waals surface area contributed by atoms with Crippen molar-refractivity contribution >= 4 is 5.91 Å². The zero-order chi connectivity index (χ0) is 20.1. The fraction of sp³-hybridized carbons (Fsp3) is 0.565. The number of benzene rings is 1. The first kappa shape index (κ1) is 20.1. The Hall–Kier alpha value is -2.18. The van der Waals surface area contributed by atoms with E-state index < -0.39 is 0 Å². The highest BCUT2D eigenvalue weighted by molar-refractivity contribution is 5.92. The maximum atomic E-state index is 12.7. The van der Waals surface area contributed by atoms with Crippen LogP contribution >= 0.6 is 0 Å². The van der Waals surface area contributed by atoms with E-state index in [2.05, 4.69) is 52.0 Å². The van der Waals surface area contributed by atoms with Crippen molar-refractivity contribution in [3.63, 3.8) is 0 Å². The molecule has 0 spiro atoms. The molecule has 0 radical (unpaired) electrons. The quantitative estimate of drug-likeness (QED) is 0.719. The number of amides is 1. The van der Waals surface area contributed by atoms with Gasteiger partial charge in [-0.1, -0.05) is 43.7 Å². The minimum absolute atomic E-state index is 0.0197. The van der Waals surface area contributed by atoms with Gasteiger partial charge in [-0.2, -0.15) is 0 Å². The summed E-state index contributed by atoms with van der Waals surface area (Å²) in [5.74, 6) is 1.31. The lowest BCUT2D eigenvalue weighted by molar-refractivity contribution is 0.0780. The van der Waals surface area contributed by atoms with Crippen LogP contribution in [0.3, 0.4) is 0 Å². The summed E-state index contributed by atoms with van der Waals surface area (Å²) in [6.45, 7) is 9.63. The second kappa shape index (κ2) is 9.55. The SMILES string of the molecule is CCC[C@@H]1CCN(C(=O)c2coc(CN3CCN(Cc4ccccc4)CC3)n2)C1. The average Bonchev–Trinajstić information content (AvgIpc) is 3.40. The standard InChI is InChI=1S/C23H32N4O2/c1-2-6-19-9-10-27(16-19)23(28)21-18-29-22(24-21)17-26-13-11-25(12-14-26)15-20-7-4-3-5-8-20/h3-5,7-8,18-19H,2,6,9-17H2,1H3/t19-/m1/s1. The van der Waals surface area contributed by atoms with Crippen molar-refractivity contribution in [2.24, 2.45) is 5.92 Å². The third kappa shape index (κ3) is 5.25. The second-order valence-corrected chi connectivity index (χ2v) is 8.36. The third-order valence-electron chi connectivity index (χ3n) is 6.11. The minimum Gasteiger partial charge on any atom is -0.447 e. The van der Waals surface area contributed by atoms with Gasteiger partial charge >= 0.3 is 0 Å². The van der Waals surface area contributed by atoms with E-state index in [0.717, 1.165) is 52.2 Å². The van der Waals surface area contributed by atoms with E-state index >= 15 is 0 Å². The largest absolute Gasteiger partial charge is 0.447 e. The van der Waals surface area contributed by atoms with Gasteiger partial charge in [-0.3, -0.25) is 14.6 Å². The molecule has 2 aromatic rings. The fourth-order valence-corrected chi connectivity index (χ4v) is 4.44. The maximum Gasteiger partial charge on any atom is 0.275 e. The Balaban J connectivity index is 1.24. The zero-order valence-corrected chi connectivity index (χ0v) is 17.4. The van der Waals surface area contributed by atoms with Gasteiger partial charge in [0.15, 0.2) is 5.69 Å². The highest BCUT2D eigenvalue weighted by atomic mass is 16.3. The monoisotopic (exact) mass is 396 g/mol. The first-order valence-corrected chi connectivity index (χ1v) is 10.9. The molecule has 2 saturated heterocycles. The molecular formula is C23H32N4O2. The highest BCUT2D eigenvalue weighted by Crippen LogP contribution is 2.22. The Morgan fingerprint density at radius 3 is 2.52 bits per heavy atom. The molecule has 0 N–H and O–H groups in total. The molecule has 0 bridgehead atoms. The zero-order valence-electron chi connectivity index (χ0n) is 17.4. The van der Waals surface area contributed by atoms with Crippen LogP contribution in [0, 0.1) is 5.92 Å². The number of hydrogen-bond acceptors (Lipinski definition) is 5. The number of likely N-dealkylation sites (tertiary alicyclic amines) is 1. The van der Waals surface area contributed by atoms with Gasteiger partial charge in [0.1, 0.15) is 6.26 Å². The van der Waals surface area contributed by atoms with Crippen LogP contribution in [0.25, 0.3) is 0 Å². The van der Waals surface area contributed by atoms with Crippen LogP contribution in [0.1, 0.15) is 48.1 Å². The van der Waals surface area contributed by atoms with Gasteiger partial charge in [-0.05, 0) is 24.3 Å². The molecule has 6 heteroatoms. The van der Waals surface area contributed by atoms with E-state index in [9.17, 15) is 4.79 Å². The molecule has 0 saturated carbocycles. The molecule has 1 aromatic carbocycles. The predicted octanol–water partition coefficient (Wildman–Crippen LogP) is 3.25. The summed E-state index contributed by atoms with van der Waals surface area (Å²) < 4.78 is 5.63. The van der Waals surface area contributed by atoms with Crippen LogP contribution in [0.15, 0.2) is 41.0 Å². The van der Waals surface area contributed by atoms with Gasteiger partial charge in [-0.15, -0.1) is 0 Å². The number of aromatic nitrogens is 1. The van der Waals surface area contributed by atoms with Crippen LogP contribution in [0.4, 0.5) is 0 Å².